The van der Waals surface area contributed by atoms with Gasteiger partial charge in [-0.2, -0.15) is 0 Å². The zero-order chi connectivity index (χ0) is 31.9. The standard InChI is InChI=1S/C33H35FN6O4S/c1-3-14-35-17-29(42)40-27(15-22-8-11-25(41)12-9-22)32(43)39(18-24-10-13-26(34)31-30(24)37-20-45-31)19-28(40)38-33(44)36-16-23-6-4-21(2)5-7-23/h3-13,20,27-28,35,41H,1,14-19H2,2H3,(H2,36,38,44)/t27-,28+/m0/s1. The minimum Gasteiger partial charge on any atom is -0.508 e. The molecular weight excluding hydrogens is 595 g/mol. The van der Waals surface area contributed by atoms with Gasteiger partial charge in [-0.05, 0) is 41.8 Å². The Labute approximate surface area is 264 Å². The van der Waals surface area contributed by atoms with Crippen molar-refractivity contribution < 1.29 is 23.9 Å². The SMILES string of the molecule is C=CCNCC(=O)N1[C@@H](NC(=O)NCc2ccc(C)cc2)CN(Cc2ccc(F)c3scnc23)C(=O)[C@@H]1Cc1ccc(O)cc1. The van der Waals surface area contributed by atoms with E-state index in [-0.39, 0.29) is 56.0 Å². The summed E-state index contributed by atoms with van der Waals surface area (Å²) in [4.78, 5) is 48.5. The molecule has 1 fully saturated rings. The lowest BCUT2D eigenvalue weighted by molar-refractivity contribution is -0.156. The molecule has 0 unspecified atom stereocenters. The molecule has 12 heteroatoms. The first-order chi connectivity index (χ1) is 21.7. The van der Waals surface area contributed by atoms with Gasteiger partial charge in [-0.15, -0.1) is 17.9 Å². The number of fused-ring (bicyclic) bond motifs is 1. The largest absolute Gasteiger partial charge is 0.508 e. The Kier molecular flexibility index (Phi) is 10.1. The van der Waals surface area contributed by atoms with Gasteiger partial charge in [0.15, 0.2) is 0 Å². The number of urea groups is 1. The fourth-order valence-electron chi connectivity index (χ4n) is 5.35. The molecule has 0 bridgehead atoms. The number of phenolic OH excluding ortho intramolecular Hbond substituents is 1. The fourth-order valence-corrected chi connectivity index (χ4v) is 6.09. The topological polar surface area (TPSA) is 127 Å². The third-order valence-corrected chi connectivity index (χ3v) is 8.47. The van der Waals surface area contributed by atoms with Gasteiger partial charge in [0.1, 0.15) is 23.8 Å². The van der Waals surface area contributed by atoms with Crippen LogP contribution in [-0.4, -0.2) is 69.6 Å². The first kappa shape index (κ1) is 31.6. The lowest BCUT2D eigenvalue weighted by Gasteiger charge is -2.46. The molecule has 3 aromatic carbocycles. The van der Waals surface area contributed by atoms with Crippen molar-refractivity contribution in [2.24, 2.45) is 0 Å². The van der Waals surface area contributed by atoms with Crippen molar-refractivity contribution in [1.29, 1.82) is 0 Å². The molecule has 1 aromatic heterocycles. The molecular formula is C33H35FN6O4S. The number of carbonyl (C=O) groups is 3. The highest BCUT2D eigenvalue weighted by molar-refractivity contribution is 7.16. The highest BCUT2D eigenvalue weighted by Crippen LogP contribution is 2.28. The molecule has 234 valence electrons. The summed E-state index contributed by atoms with van der Waals surface area (Å²) in [5.41, 5.74) is 5.41. The van der Waals surface area contributed by atoms with Crippen LogP contribution in [0.5, 0.6) is 5.75 Å². The molecule has 0 saturated carbocycles. The third-order valence-electron chi connectivity index (χ3n) is 7.63. The van der Waals surface area contributed by atoms with Crippen molar-refractivity contribution in [1.82, 2.24) is 30.7 Å². The summed E-state index contributed by atoms with van der Waals surface area (Å²) in [6.07, 6.45) is 0.884. The van der Waals surface area contributed by atoms with Gasteiger partial charge in [0.05, 0.1) is 28.8 Å². The molecule has 1 aliphatic rings. The summed E-state index contributed by atoms with van der Waals surface area (Å²) < 4.78 is 14.8. The molecule has 4 amide bonds. The second kappa shape index (κ2) is 14.3. The van der Waals surface area contributed by atoms with Gasteiger partial charge in [0.2, 0.25) is 11.8 Å². The fraction of sp³-hybridized carbons (Fsp3) is 0.273. The van der Waals surface area contributed by atoms with E-state index in [1.807, 2.05) is 31.2 Å². The first-order valence-corrected chi connectivity index (χ1v) is 15.4. The van der Waals surface area contributed by atoms with Gasteiger partial charge < -0.3 is 30.9 Å². The number of benzene rings is 3. The zero-order valence-electron chi connectivity index (χ0n) is 24.8. The summed E-state index contributed by atoms with van der Waals surface area (Å²) >= 11 is 1.18. The maximum absolute atomic E-state index is 14.4. The Bertz CT molecular complexity index is 1680. The Hall–Kier alpha value is -4.81. The van der Waals surface area contributed by atoms with Gasteiger partial charge in [-0.3, -0.25) is 9.59 Å². The zero-order valence-corrected chi connectivity index (χ0v) is 25.6. The molecule has 1 aliphatic heterocycles. The molecule has 4 aromatic rings. The molecule has 0 spiro atoms. The Morgan fingerprint density at radius 3 is 2.58 bits per heavy atom. The molecule has 2 atom stereocenters. The normalized spacial score (nSPS) is 16.5. The summed E-state index contributed by atoms with van der Waals surface area (Å²) in [5.74, 6) is -1.02. The number of aryl methyl sites for hydroxylation is 1. The molecule has 5 rings (SSSR count). The number of carbonyl (C=O) groups excluding carboxylic acids is 3. The van der Waals surface area contributed by atoms with Crippen molar-refractivity contribution in [3.05, 3.63) is 107 Å². The maximum Gasteiger partial charge on any atom is 0.316 e. The number of amides is 4. The van der Waals surface area contributed by atoms with E-state index >= 15 is 0 Å². The minimum atomic E-state index is -0.977. The van der Waals surface area contributed by atoms with Crippen molar-refractivity contribution in [2.45, 2.75) is 38.6 Å². The van der Waals surface area contributed by atoms with E-state index in [0.29, 0.717) is 22.3 Å². The molecule has 45 heavy (non-hydrogen) atoms. The number of thiazole rings is 1. The Morgan fingerprint density at radius 2 is 1.84 bits per heavy atom. The van der Waals surface area contributed by atoms with E-state index < -0.39 is 18.2 Å². The van der Waals surface area contributed by atoms with E-state index in [9.17, 15) is 23.9 Å². The van der Waals surface area contributed by atoms with Gasteiger partial charge in [0.25, 0.3) is 0 Å². The third kappa shape index (κ3) is 7.65. The van der Waals surface area contributed by atoms with Gasteiger partial charge in [-0.25, -0.2) is 14.2 Å². The lowest BCUT2D eigenvalue weighted by atomic mass is 9.99. The quantitative estimate of drug-likeness (QED) is 0.147. The Balaban J connectivity index is 1.45. The number of halogens is 1. The predicted octanol–water partition coefficient (Wildman–Crippen LogP) is 3.83. The predicted molar refractivity (Wildman–Crippen MR) is 171 cm³/mol. The van der Waals surface area contributed by atoms with Crippen molar-refractivity contribution in [2.75, 3.05) is 19.6 Å². The average Bonchev–Trinajstić information content (AvgIpc) is 3.53. The summed E-state index contributed by atoms with van der Waals surface area (Å²) in [6, 6.07) is 15.7. The minimum absolute atomic E-state index is 0.000925. The number of hydrogen-bond donors (Lipinski definition) is 4. The summed E-state index contributed by atoms with van der Waals surface area (Å²) in [7, 11) is 0. The van der Waals surface area contributed by atoms with Crippen LogP contribution >= 0.6 is 11.3 Å². The number of nitrogens with zero attached hydrogens (tertiary/aromatic N) is 3. The van der Waals surface area contributed by atoms with E-state index in [1.165, 1.54) is 34.4 Å². The van der Waals surface area contributed by atoms with E-state index in [2.05, 4.69) is 27.5 Å². The number of rotatable bonds is 11. The monoisotopic (exact) mass is 630 g/mol. The van der Waals surface area contributed by atoms with Gasteiger partial charge >= 0.3 is 6.03 Å². The molecule has 1 saturated heterocycles. The molecule has 2 heterocycles. The number of phenols is 1. The van der Waals surface area contributed by atoms with Crippen LogP contribution in [0.1, 0.15) is 22.3 Å². The number of piperazine rings is 1. The smallest absolute Gasteiger partial charge is 0.316 e. The Morgan fingerprint density at radius 1 is 1.11 bits per heavy atom. The van der Waals surface area contributed by atoms with E-state index in [1.54, 1.807) is 34.7 Å². The second-order valence-electron chi connectivity index (χ2n) is 10.9. The van der Waals surface area contributed by atoms with Crippen LogP contribution in [0.25, 0.3) is 10.2 Å². The number of aromatic hydroxyl groups is 1. The van der Waals surface area contributed by atoms with Crippen LogP contribution in [0.4, 0.5) is 9.18 Å². The maximum atomic E-state index is 14.4. The van der Waals surface area contributed by atoms with Crippen LogP contribution in [0, 0.1) is 12.7 Å². The average molecular weight is 631 g/mol. The highest BCUT2D eigenvalue weighted by Gasteiger charge is 2.43. The van der Waals surface area contributed by atoms with Crippen LogP contribution < -0.4 is 16.0 Å². The summed E-state index contributed by atoms with van der Waals surface area (Å²) in [6.45, 7) is 6.33. The first-order valence-electron chi connectivity index (χ1n) is 14.5. The van der Waals surface area contributed by atoms with Gasteiger partial charge in [0, 0.05) is 26.1 Å². The van der Waals surface area contributed by atoms with Crippen molar-refractivity contribution >= 4 is 39.4 Å². The highest BCUT2D eigenvalue weighted by atomic mass is 32.1. The number of hydrogen-bond acceptors (Lipinski definition) is 7. The van der Waals surface area contributed by atoms with E-state index in [4.69, 9.17) is 0 Å². The lowest BCUT2D eigenvalue weighted by Crippen LogP contribution is -2.69. The molecule has 0 radical (unpaired) electrons. The molecule has 0 aliphatic carbocycles. The van der Waals surface area contributed by atoms with Crippen molar-refractivity contribution in [3.63, 3.8) is 0 Å². The van der Waals surface area contributed by atoms with Crippen LogP contribution in [0.3, 0.4) is 0 Å². The molecule has 10 nitrogen and oxygen atoms in total. The number of nitrogens with one attached hydrogen (secondary N) is 3. The van der Waals surface area contributed by atoms with Gasteiger partial charge in [-0.1, -0.05) is 54.1 Å². The van der Waals surface area contributed by atoms with Crippen molar-refractivity contribution in [3.8, 4) is 5.75 Å². The van der Waals surface area contributed by atoms with Crippen LogP contribution in [-0.2, 0) is 29.1 Å². The van der Waals surface area contributed by atoms with E-state index in [0.717, 1.165) is 16.7 Å². The number of aromatic nitrogens is 1. The van der Waals surface area contributed by atoms with Crippen LogP contribution in [0.15, 0.2) is 78.8 Å². The summed E-state index contributed by atoms with van der Waals surface area (Å²) in [5, 5.41) is 18.6. The second-order valence-corrected chi connectivity index (χ2v) is 11.7. The van der Waals surface area contributed by atoms with Crippen LogP contribution in [0.2, 0.25) is 0 Å². The molecule has 4 N–H and O–H groups in total.